The van der Waals surface area contributed by atoms with Gasteiger partial charge in [0.1, 0.15) is 0 Å². The van der Waals surface area contributed by atoms with Crippen molar-refractivity contribution in [3.05, 3.63) is 47.8 Å². The average Bonchev–Trinajstić information content (AvgIpc) is 2.18. The molecule has 70 valence electrons. The lowest BCUT2D eigenvalue weighted by molar-refractivity contribution is 1.17. The molecule has 2 aromatic rings. The zero-order valence-electron chi connectivity index (χ0n) is 8.36. The lowest BCUT2D eigenvalue weighted by Crippen LogP contribution is -1.88. The Morgan fingerprint density at radius 2 is 1.43 bits per heavy atom. The number of benzene rings is 1. The van der Waals surface area contributed by atoms with Gasteiger partial charge in [-0.05, 0) is 32.0 Å². The van der Waals surface area contributed by atoms with Crippen molar-refractivity contribution < 1.29 is 0 Å². The van der Waals surface area contributed by atoms with E-state index in [9.17, 15) is 0 Å². The topological polar surface area (TPSA) is 25.8 Å². The summed E-state index contributed by atoms with van der Waals surface area (Å²) in [5, 5.41) is 0. The molecular weight excluding hydrogens is 172 g/mol. The first kappa shape index (κ1) is 8.88. The van der Waals surface area contributed by atoms with Crippen LogP contribution < -0.4 is 0 Å². The van der Waals surface area contributed by atoms with Crippen LogP contribution in [0.3, 0.4) is 0 Å². The second kappa shape index (κ2) is 3.58. The number of hydrogen-bond donors (Lipinski definition) is 0. The first-order valence-electron chi connectivity index (χ1n) is 4.61. The van der Waals surface area contributed by atoms with Crippen LogP contribution in [-0.2, 0) is 0 Å². The molecule has 0 bridgehead atoms. The predicted molar refractivity (Wildman–Crippen MR) is 56.9 cm³/mol. The maximum atomic E-state index is 4.22. The molecule has 0 aliphatic heterocycles. The molecule has 2 nitrogen and oxygen atoms in total. The number of aromatic nitrogens is 2. The van der Waals surface area contributed by atoms with E-state index in [2.05, 4.69) is 42.0 Å². The molecule has 1 aromatic heterocycles. The maximum Gasteiger partial charge on any atom is 0.159 e. The molecule has 2 rings (SSSR count). The number of hydrogen-bond acceptors (Lipinski definition) is 2. The Morgan fingerprint density at radius 3 is 2.00 bits per heavy atom. The fourth-order valence-corrected chi connectivity index (χ4v) is 1.55. The summed E-state index contributed by atoms with van der Waals surface area (Å²) in [5.74, 6) is 0.791. The van der Waals surface area contributed by atoms with E-state index in [1.807, 2.05) is 6.07 Å². The summed E-state index contributed by atoms with van der Waals surface area (Å²) in [6.07, 6.45) is 3.53. The van der Waals surface area contributed by atoms with E-state index in [1.54, 1.807) is 12.4 Å². The van der Waals surface area contributed by atoms with Crippen LogP contribution in [0, 0.1) is 13.8 Å². The van der Waals surface area contributed by atoms with Crippen molar-refractivity contribution in [3.8, 4) is 11.4 Å². The van der Waals surface area contributed by atoms with Crippen LogP contribution in [0.15, 0.2) is 36.7 Å². The van der Waals surface area contributed by atoms with Crippen molar-refractivity contribution in [2.45, 2.75) is 13.8 Å². The van der Waals surface area contributed by atoms with Crippen LogP contribution in [0.1, 0.15) is 11.1 Å². The summed E-state index contributed by atoms with van der Waals surface area (Å²) in [6.45, 7) is 4.17. The van der Waals surface area contributed by atoms with E-state index in [1.165, 1.54) is 11.1 Å². The second-order valence-corrected chi connectivity index (χ2v) is 3.45. The molecule has 1 heterocycles. The van der Waals surface area contributed by atoms with Crippen LogP contribution >= 0.6 is 0 Å². The van der Waals surface area contributed by atoms with E-state index < -0.39 is 0 Å². The minimum Gasteiger partial charge on any atom is -0.237 e. The molecule has 0 aliphatic rings. The highest BCUT2D eigenvalue weighted by Gasteiger charge is 2.00. The molecule has 14 heavy (non-hydrogen) atoms. The molecule has 2 heteroatoms. The zero-order chi connectivity index (χ0) is 9.97. The molecule has 0 N–H and O–H groups in total. The van der Waals surface area contributed by atoms with Gasteiger partial charge in [-0.3, -0.25) is 0 Å². The molecule has 0 fully saturated rings. The monoisotopic (exact) mass is 184 g/mol. The number of nitrogens with zero attached hydrogens (tertiary/aromatic N) is 2. The Morgan fingerprint density at radius 1 is 0.857 bits per heavy atom. The van der Waals surface area contributed by atoms with Crippen molar-refractivity contribution in [3.63, 3.8) is 0 Å². The Bertz CT molecular complexity index is 415. The normalized spacial score (nSPS) is 10.1. The maximum absolute atomic E-state index is 4.22. The van der Waals surface area contributed by atoms with Crippen LogP contribution in [0.5, 0.6) is 0 Å². The Hall–Kier alpha value is -1.70. The summed E-state index contributed by atoms with van der Waals surface area (Å²) < 4.78 is 0. The number of rotatable bonds is 1. The first-order chi connectivity index (χ1) is 6.75. The van der Waals surface area contributed by atoms with Crippen molar-refractivity contribution >= 4 is 0 Å². The van der Waals surface area contributed by atoms with Gasteiger partial charge in [0.05, 0.1) is 0 Å². The summed E-state index contributed by atoms with van der Waals surface area (Å²) in [6, 6.07) is 8.17. The van der Waals surface area contributed by atoms with Gasteiger partial charge in [-0.2, -0.15) is 0 Å². The summed E-state index contributed by atoms with van der Waals surface area (Å²) in [4.78, 5) is 8.44. The van der Waals surface area contributed by atoms with Gasteiger partial charge in [0.25, 0.3) is 0 Å². The third kappa shape index (κ3) is 1.79. The largest absolute Gasteiger partial charge is 0.237 e. The lowest BCUT2D eigenvalue weighted by atomic mass is 10.1. The Kier molecular flexibility index (Phi) is 2.27. The van der Waals surface area contributed by atoms with Crippen LogP contribution in [0.25, 0.3) is 11.4 Å². The van der Waals surface area contributed by atoms with Gasteiger partial charge >= 0.3 is 0 Å². The third-order valence-corrected chi connectivity index (χ3v) is 2.05. The quantitative estimate of drug-likeness (QED) is 0.681. The van der Waals surface area contributed by atoms with E-state index >= 15 is 0 Å². The summed E-state index contributed by atoms with van der Waals surface area (Å²) in [5.41, 5.74) is 3.57. The highest BCUT2D eigenvalue weighted by atomic mass is 14.8. The summed E-state index contributed by atoms with van der Waals surface area (Å²) >= 11 is 0. The second-order valence-electron chi connectivity index (χ2n) is 3.45. The van der Waals surface area contributed by atoms with Crippen LogP contribution in [-0.4, -0.2) is 9.97 Å². The molecular formula is C12H12N2. The molecule has 0 unspecified atom stereocenters. The number of aryl methyl sites for hydroxylation is 2. The third-order valence-electron chi connectivity index (χ3n) is 2.05. The molecule has 0 atom stereocenters. The fraction of sp³-hybridized carbons (Fsp3) is 0.167. The van der Waals surface area contributed by atoms with Crippen LogP contribution in [0.4, 0.5) is 0 Å². The van der Waals surface area contributed by atoms with E-state index in [-0.39, 0.29) is 0 Å². The van der Waals surface area contributed by atoms with E-state index in [0.29, 0.717) is 0 Å². The van der Waals surface area contributed by atoms with Crippen molar-refractivity contribution in [2.24, 2.45) is 0 Å². The van der Waals surface area contributed by atoms with Gasteiger partial charge in [0, 0.05) is 18.0 Å². The van der Waals surface area contributed by atoms with Gasteiger partial charge in [-0.1, -0.05) is 17.2 Å². The zero-order valence-corrected chi connectivity index (χ0v) is 8.36. The molecule has 0 saturated carbocycles. The van der Waals surface area contributed by atoms with Crippen molar-refractivity contribution in [1.82, 2.24) is 9.97 Å². The molecule has 1 aromatic carbocycles. The first-order valence-corrected chi connectivity index (χ1v) is 4.61. The highest BCUT2D eigenvalue weighted by Crippen LogP contribution is 2.17. The average molecular weight is 184 g/mol. The van der Waals surface area contributed by atoms with Gasteiger partial charge in [0.15, 0.2) is 5.82 Å². The van der Waals surface area contributed by atoms with Crippen molar-refractivity contribution in [1.29, 1.82) is 0 Å². The smallest absolute Gasteiger partial charge is 0.159 e. The Labute approximate surface area is 83.7 Å². The standard InChI is InChI=1S/C12H12N2/c1-9-6-10(2)8-11(7-9)12-13-4-3-5-14-12/h3-8H,1-2H3. The van der Waals surface area contributed by atoms with Crippen LogP contribution in [0.2, 0.25) is 0 Å². The lowest BCUT2D eigenvalue weighted by Gasteiger charge is -2.02. The minimum atomic E-state index is 0.791. The summed E-state index contributed by atoms with van der Waals surface area (Å²) in [7, 11) is 0. The van der Waals surface area contributed by atoms with Gasteiger partial charge in [0.2, 0.25) is 0 Å². The minimum absolute atomic E-state index is 0.791. The van der Waals surface area contributed by atoms with Gasteiger partial charge < -0.3 is 0 Å². The van der Waals surface area contributed by atoms with Gasteiger partial charge in [-0.15, -0.1) is 0 Å². The molecule has 0 radical (unpaired) electrons. The SMILES string of the molecule is Cc1cc(C)cc(-c2ncccn2)c1. The molecule has 0 aliphatic carbocycles. The highest BCUT2D eigenvalue weighted by molar-refractivity contribution is 5.57. The van der Waals surface area contributed by atoms with Crippen molar-refractivity contribution in [2.75, 3.05) is 0 Å². The molecule has 0 amide bonds. The predicted octanol–water partition coefficient (Wildman–Crippen LogP) is 2.76. The molecule has 0 spiro atoms. The fourth-order valence-electron chi connectivity index (χ4n) is 1.55. The Balaban J connectivity index is 2.52. The molecule has 0 saturated heterocycles. The van der Waals surface area contributed by atoms with E-state index in [0.717, 1.165) is 11.4 Å². The van der Waals surface area contributed by atoms with E-state index in [4.69, 9.17) is 0 Å². The van der Waals surface area contributed by atoms with Gasteiger partial charge in [-0.25, -0.2) is 9.97 Å².